The van der Waals surface area contributed by atoms with E-state index in [0.29, 0.717) is 0 Å². The predicted octanol–water partition coefficient (Wildman–Crippen LogP) is -13.1. The smallest absolute Gasteiger partial charge is 0.405 e. The first-order chi connectivity index (χ1) is 3.46. The minimum absolute atomic E-state index is 0. The molecule has 0 saturated carbocycles. The third-order valence-corrected chi connectivity index (χ3v) is 0. The van der Waals surface area contributed by atoms with Gasteiger partial charge in [0.15, 0.2) is 0 Å². The van der Waals surface area contributed by atoms with E-state index in [1.807, 2.05) is 0 Å². The Kier molecular flexibility index (Phi) is 42.4. The SMILES string of the molecule is [K+].[Na+].[O-][Br+2]([O-])[O-].[O-][Br+2]([O-])[O-]. The summed E-state index contributed by atoms with van der Waals surface area (Å²) < 4.78 is 51.1. The van der Waals surface area contributed by atoms with Crippen molar-refractivity contribution in [2.75, 3.05) is 0 Å². The van der Waals surface area contributed by atoms with Crippen molar-refractivity contribution in [1.29, 1.82) is 0 Å². The van der Waals surface area contributed by atoms with Crippen LogP contribution in [0.25, 0.3) is 0 Å². The zero-order valence-corrected chi connectivity index (χ0v) is 13.5. The van der Waals surface area contributed by atoms with E-state index in [4.69, 9.17) is 25.2 Å². The van der Waals surface area contributed by atoms with Crippen molar-refractivity contribution >= 4 is 0 Å². The summed E-state index contributed by atoms with van der Waals surface area (Å²) in [7, 11) is 0. The molecule has 0 unspecified atom stereocenters. The van der Waals surface area contributed by atoms with Gasteiger partial charge < -0.3 is 25.2 Å². The van der Waals surface area contributed by atoms with Gasteiger partial charge in [-0.3, -0.25) is 0 Å². The second kappa shape index (κ2) is 18.2. The maximum absolute atomic E-state index is 8.52. The minimum Gasteiger partial charge on any atom is -0.405 e. The Morgan fingerprint density at radius 1 is 0.600 bits per heavy atom. The Labute approximate surface area is 133 Å². The molecule has 0 saturated heterocycles. The molecule has 6 nitrogen and oxygen atoms in total. The van der Waals surface area contributed by atoms with Crippen LogP contribution >= 0.6 is 0 Å². The minimum atomic E-state index is -3.65. The molecule has 10 heteroatoms. The van der Waals surface area contributed by atoms with Crippen LogP contribution < -0.4 is 106 Å². The third kappa shape index (κ3) is 108. The maximum atomic E-state index is 8.52. The molecule has 0 atom stereocenters. The van der Waals surface area contributed by atoms with Crippen LogP contribution in [0.1, 0.15) is 0 Å². The van der Waals surface area contributed by atoms with Crippen molar-refractivity contribution in [3.8, 4) is 0 Å². The molecule has 0 aliphatic rings. The Balaban J connectivity index is -0.0000000300. The van der Waals surface area contributed by atoms with Crippen LogP contribution in [0.5, 0.6) is 0 Å². The Hall–Kier alpha value is 3.36. The molecule has 0 aromatic carbocycles. The summed E-state index contributed by atoms with van der Waals surface area (Å²) in [6.45, 7) is 0. The standard InChI is InChI=1S/2BrO3.K.Na/c2*2-1(3)4;;/q2*-1;2*+1. The van der Waals surface area contributed by atoms with E-state index >= 15 is 0 Å². The van der Waals surface area contributed by atoms with Crippen LogP contribution in [-0.4, -0.2) is 0 Å². The zero-order chi connectivity index (χ0) is 7.15. The maximum Gasteiger partial charge on any atom is 1.00 e. The summed E-state index contributed by atoms with van der Waals surface area (Å²) in [5.74, 6) is 0. The van der Waals surface area contributed by atoms with Crippen LogP contribution in [0.4, 0.5) is 0 Å². The van der Waals surface area contributed by atoms with Gasteiger partial charge in [0.1, 0.15) is 0 Å². The van der Waals surface area contributed by atoms with Gasteiger partial charge >= 0.3 is 80.9 Å². The van der Waals surface area contributed by atoms with Crippen LogP contribution in [0.3, 0.4) is 0 Å². The predicted molar refractivity (Wildman–Crippen MR) is 0 cm³/mol. The zero-order valence-electron chi connectivity index (χ0n) is 5.21. The van der Waals surface area contributed by atoms with Gasteiger partial charge in [-0.2, -0.15) is 0 Å². The first-order valence-electron chi connectivity index (χ1n) is 0.926. The van der Waals surface area contributed by atoms with E-state index in [2.05, 4.69) is 0 Å². The first kappa shape index (κ1) is 23.3. The molecule has 0 fully saturated rings. The van der Waals surface area contributed by atoms with Crippen LogP contribution in [0.2, 0.25) is 0 Å². The summed E-state index contributed by atoms with van der Waals surface area (Å²) >= 11 is -7.29. The third-order valence-electron chi connectivity index (χ3n) is 0. The number of halogens is 2. The summed E-state index contributed by atoms with van der Waals surface area (Å²) in [5.41, 5.74) is 0. The normalized spacial score (nSPS) is 7.20. The van der Waals surface area contributed by atoms with Crippen LogP contribution in [-0.2, 0) is 0 Å². The number of rotatable bonds is 0. The van der Waals surface area contributed by atoms with Crippen LogP contribution in [0.15, 0.2) is 0 Å². The quantitative estimate of drug-likeness (QED) is 0.406. The molecule has 0 aliphatic heterocycles. The second-order valence-electron chi connectivity index (χ2n) is 0.378. The molecule has 0 bridgehead atoms. The number of hydrogen-bond acceptors (Lipinski definition) is 6. The molecule has 0 amide bonds. The molecule has 0 radical (unpaired) electrons. The molecular weight excluding hydrogens is 318 g/mol. The fourth-order valence-electron chi connectivity index (χ4n) is 0. The number of hydrogen-bond donors (Lipinski definition) is 0. The Bertz CT molecular complexity index is 31.2. The molecular formula is Br2KNaO6. The summed E-state index contributed by atoms with van der Waals surface area (Å²) in [4.78, 5) is 0. The van der Waals surface area contributed by atoms with Gasteiger partial charge in [-0.25, -0.2) is 0 Å². The van der Waals surface area contributed by atoms with Crippen molar-refractivity contribution in [1.82, 2.24) is 0 Å². The van der Waals surface area contributed by atoms with Gasteiger partial charge in [0, 0.05) is 0 Å². The average molecular weight is 318 g/mol. The average Bonchev–Trinajstić information content (AvgIpc) is 1.25. The van der Waals surface area contributed by atoms with Gasteiger partial charge in [-0.15, -0.1) is 0 Å². The molecule has 0 aromatic heterocycles. The van der Waals surface area contributed by atoms with Gasteiger partial charge in [-0.1, -0.05) is 0 Å². The summed E-state index contributed by atoms with van der Waals surface area (Å²) in [6.07, 6.45) is 0. The van der Waals surface area contributed by atoms with Crippen molar-refractivity contribution in [2.45, 2.75) is 0 Å². The summed E-state index contributed by atoms with van der Waals surface area (Å²) in [5, 5.41) is 0. The molecule has 0 heterocycles. The molecule has 0 aromatic rings. The van der Waals surface area contributed by atoms with Crippen LogP contribution in [0, 0.1) is 29.6 Å². The van der Waals surface area contributed by atoms with Crippen molar-refractivity contribution in [2.24, 2.45) is 0 Å². The van der Waals surface area contributed by atoms with E-state index in [-0.39, 0.29) is 80.9 Å². The van der Waals surface area contributed by atoms with E-state index in [1.165, 1.54) is 0 Å². The van der Waals surface area contributed by atoms with E-state index in [9.17, 15) is 0 Å². The monoisotopic (exact) mass is 316 g/mol. The van der Waals surface area contributed by atoms with E-state index < -0.39 is 29.6 Å². The summed E-state index contributed by atoms with van der Waals surface area (Å²) in [6, 6.07) is 0. The van der Waals surface area contributed by atoms with Crippen molar-refractivity contribution < 1.29 is 136 Å². The van der Waals surface area contributed by atoms with Crippen molar-refractivity contribution in [3.63, 3.8) is 0 Å². The molecule has 52 valence electrons. The Morgan fingerprint density at radius 2 is 0.600 bits per heavy atom. The van der Waals surface area contributed by atoms with E-state index in [0.717, 1.165) is 0 Å². The molecule has 0 spiro atoms. The Morgan fingerprint density at radius 3 is 0.600 bits per heavy atom. The largest absolute Gasteiger partial charge is 1.00 e. The van der Waals surface area contributed by atoms with Gasteiger partial charge in [0.05, 0.1) is 0 Å². The molecule has 0 N–H and O–H groups in total. The fraction of sp³-hybridized carbons (Fsp3) is 0. The van der Waals surface area contributed by atoms with Gasteiger partial charge in [0.2, 0.25) is 29.6 Å². The topological polar surface area (TPSA) is 138 Å². The van der Waals surface area contributed by atoms with Gasteiger partial charge in [0.25, 0.3) is 0 Å². The van der Waals surface area contributed by atoms with Gasteiger partial charge in [-0.05, 0) is 0 Å². The molecule has 10 heavy (non-hydrogen) atoms. The fourth-order valence-corrected chi connectivity index (χ4v) is 0. The van der Waals surface area contributed by atoms with E-state index in [1.54, 1.807) is 0 Å². The molecule has 0 rings (SSSR count). The first-order valence-corrected chi connectivity index (χ1v) is 4.81. The second-order valence-corrected chi connectivity index (χ2v) is 1.96. The molecule has 0 aliphatic carbocycles. The van der Waals surface area contributed by atoms with Crippen molar-refractivity contribution in [3.05, 3.63) is 0 Å².